The molecule has 0 saturated heterocycles. The molecule has 1 aromatic heterocycles. The molecule has 13 heavy (non-hydrogen) atoms. The lowest BCUT2D eigenvalue weighted by Gasteiger charge is -1.92. The highest BCUT2D eigenvalue weighted by atomic mass is 32.1. The molecule has 4 nitrogen and oxygen atoms in total. The fourth-order valence-electron chi connectivity index (χ4n) is 1.10. The van der Waals surface area contributed by atoms with Crippen molar-refractivity contribution < 1.29 is 9.21 Å². The van der Waals surface area contributed by atoms with Crippen molar-refractivity contribution in [2.45, 2.75) is 0 Å². The second-order valence-electron chi connectivity index (χ2n) is 2.59. The number of carbonyl (C=O) groups is 1. The Morgan fingerprint density at radius 2 is 2.31 bits per heavy atom. The number of hydrogen-bond acceptors (Lipinski definition) is 3. The topological polar surface area (TPSA) is 72.0 Å². The summed E-state index contributed by atoms with van der Waals surface area (Å²) in [6.45, 7) is 0. The number of rotatable bonds is 1. The van der Waals surface area contributed by atoms with Crippen LogP contribution in [0.3, 0.4) is 0 Å². The van der Waals surface area contributed by atoms with Crippen LogP contribution in [0.15, 0.2) is 22.6 Å². The van der Waals surface area contributed by atoms with E-state index in [0.29, 0.717) is 11.1 Å². The lowest BCUT2D eigenvalue weighted by atomic mass is 10.2. The average Bonchev–Trinajstić information content (AvgIpc) is 2.42. The lowest BCUT2D eigenvalue weighted by molar-refractivity contribution is 0.100. The summed E-state index contributed by atoms with van der Waals surface area (Å²) in [5.41, 5.74) is 6.80. The van der Waals surface area contributed by atoms with Crippen molar-refractivity contribution in [3.63, 3.8) is 0 Å². The highest BCUT2D eigenvalue weighted by Gasteiger charge is 2.03. The Bertz CT molecular complexity index is 526. The number of carbonyl (C=O) groups excluding carboxylic acids is 1. The number of primary amides is 1. The number of H-pyrrole nitrogens is 1. The van der Waals surface area contributed by atoms with Crippen LogP contribution in [0.1, 0.15) is 10.4 Å². The molecule has 1 heterocycles. The summed E-state index contributed by atoms with van der Waals surface area (Å²) in [6.07, 6.45) is 0. The number of nitrogens with two attached hydrogens (primary N) is 1. The van der Waals surface area contributed by atoms with Crippen LogP contribution in [0.2, 0.25) is 0 Å². The normalized spacial score (nSPS) is 10.5. The third-order valence-corrected chi connectivity index (χ3v) is 1.89. The largest absolute Gasteiger partial charge is 0.429 e. The van der Waals surface area contributed by atoms with Gasteiger partial charge >= 0.3 is 0 Å². The average molecular weight is 194 g/mol. The van der Waals surface area contributed by atoms with E-state index in [4.69, 9.17) is 22.4 Å². The summed E-state index contributed by atoms with van der Waals surface area (Å²) in [5, 5.41) is 0. The van der Waals surface area contributed by atoms with E-state index in [2.05, 4.69) is 4.98 Å². The molecule has 2 aromatic rings. The van der Waals surface area contributed by atoms with Crippen LogP contribution in [0.4, 0.5) is 0 Å². The molecule has 1 amide bonds. The Kier molecular flexibility index (Phi) is 1.66. The molecule has 2 rings (SSSR count). The SMILES string of the molecule is NC(=O)c1ccc2[nH]c(=S)oc2c1. The molecule has 0 saturated carbocycles. The minimum atomic E-state index is -0.482. The zero-order valence-electron chi connectivity index (χ0n) is 6.53. The van der Waals surface area contributed by atoms with Gasteiger partial charge in [-0.3, -0.25) is 4.79 Å². The minimum absolute atomic E-state index is 0.289. The number of benzene rings is 1. The third-order valence-electron chi connectivity index (χ3n) is 1.71. The van der Waals surface area contributed by atoms with Crippen LogP contribution in [-0.2, 0) is 0 Å². The van der Waals surface area contributed by atoms with Crippen molar-refractivity contribution in [3.05, 3.63) is 28.6 Å². The Morgan fingerprint density at radius 3 is 3.00 bits per heavy atom. The molecule has 0 bridgehead atoms. The summed E-state index contributed by atoms with van der Waals surface area (Å²) in [7, 11) is 0. The highest BCUT2D eigenvalue weighted by molar-refractivity contribution is 7.71. The highest BCUT2D eigenvalue weighted by Crippen LogP contribution is 2.14. The van der Waals surface area contributed by atoms with Gasteiger partial charge in [0.05, 0.1) is 5.52 Å². The molecular weight excluding hydrogens is 188 g/mol. The van der Waals surface area contributed by atoms with E-state index in [1.807, 2.05) is 0 Å². The molecule has 0 fully saturated rings. The summed E-state index contributed by atoms with van der Waals surface area (Å²) in [4.78, 5) is 13.9. The lowest BCUT2D eigenvalue weighted by Crippen LogP contribution is -2.10. The Morgan fingerprint density at radius 1 is 1.54 bits per heavy atom. The van der Waals surface area contributed by atoms with Gasteiger partial charge in [0.25, 0.3) is 4.84 Å². The first-order chi connectivity index (χ1) is 6.16. The quantitative estimate of drug-likeness (QED) is 0.677. The summed E-state index contributed by atoms with van der Waals surface area (Å²) < 4.78 is 5.11. The Balaban J connectivity index is 2.74. The minimum Gasteiger partial charge on any atom is -0.429 e. The van der Waals surface area contributed by atoms with E-state index in [9.17, 15) is 4.79 Å². The number of amides is 1. The fourth-order valence-corrected chi connectivity index (χ4v) is 1.30. The van der Waals surface area contributed by atoms with Crippen molar-refractivity contribution in [2.75, 3.05) is 0 Å². The van der Waals surface area contributed by atoms with E-state index in [1.165, 1.54) is 0 Å². The van der Waals surface area contributed by atoms with Crippen molar-refractivity contribution in [1.29, 1.82) is 0 Å². The van der Waals surface area contributed by atoms with Crippen LogP contribution in [0.5, 0.6) is 0 Å². The first-order valence-electron chi connectivity index (χ1n) is 3.59. The summed E-state index contributed by atoms with van der Waals surface area (Å²) in [6, 6.07) is 4.88. The van der Waals surface area contributed by atoms with Gasteiger partial charge in [0.2, 0.25) is 5.91 Å². The maximum Gasteiger partial charge on any atom is 0.266 e. The summed E-state index contributed by atoms with van der Waals surface area (Å²) in [5.74, 6) is -0.482. The van der Waals surface area contributed by atoms with Gasteiger partial charge in [0.1, 0.15) is 0 Å². The maximum absolute atomic E-state index is 10.8. The van der Waals surface area contributed by atoms with Gasteiger partial charge in [-0.1, -0.05) is 0 Å². The van der Waals surface area contributed by atoms with E-state index < -0.39 is 5.91 Å². The molecule has 0 unspecified atom stereocenters. The molecule has 0 spiro atoms. The Labute approximate surface area is 78.4 Å². The second kappa shape index (κ2) is 2.70. The number of oxazole rings is 1. The molecule has 0 aliphatic rings. The van der Waals surface area contributed by atoms with Gasteiger partial charge in [-0.15, -0.1) is 0 Å². The van der Waals surface area contributed by atoms with E-state index in [-0.39, 0.29) is 4.84 Å². The van der Waals surface area contributed by atoms with Crippen LogP contribution in [-0.4, -0.2) is 10.9 Å². The predicted molar refractivity (Wildman–Crippen MR) is 49.9 cm³/mol. The number of aromatic amines is 1. The summed E-state index contributed by atoms with van der Waals surface area (Å²) >= 11 is 4.78. The van der Waals surface area contributed by atoms with Crippen molar-refractivity contribution in [3.8, 4) is 0 Å². The van der Waals surface area contributed by atoms with Crippen molar-refractivity contribution in [1.82, 2.24) is 4.98 Å². The first-order valence-corrected chi connectivity index (χ1v) is 4.00. The monoisotopic (exact) mass is 194 g/mol. The Hall–Kier alpha value is -1.62. The molecule has 5 heteroatoms. The third kappa shape index (κ3) is 1.33. The molecule has 0 aliphatic heterocycles. The van der Waals surface area contributed by atoms with Gasteiger partial charge in [0.15, 0.2) is 5.58 Å². The molecule has 0 aliphatic carbocycles. The first kappa shape index (κ1) is 8.00. The van der Waals surface area contributed by atoms with Crippen molar-refractivity contribution in [2.24, 2.45) is 5.73 Å². The predicted octanol–water partition coefficient (Wildman–Crippen LogP) is 1.59. The smallest absolute Gasteiger partial charge is 0.266 e. The zero-order chi connectivity index (χ0) is 9.42. The molecule has 0 radical (unpaired) electrons. The molecule has 1 aromatic carbocycles. The molecule has 3 N–H and O–H groups in total. The molecular formula is C8H6N2O2S. The van der Waals surface area contributed by atoms with Crippen LogP contribution in [0, 0.1) is 4.84 Å². The van der Waals surface area contributed by atoms with Gasteiger partial charge < -0.3 is 15.1 Å². The zero-order valence-corrected chi connectivity index (χ0v) is 7.35. The fraction of sp³-hybridized carbons (Fsp3) is 0. The van der Waals surface area contributed by atoms with E-state index in [0.717, 1.165) is 5.52 Å². The van der Waals surface area contributed by atoms with Crippen LogP contribution >= 0.6 is 12.2 Å². The number of fused-ring (bicyclic) bond motifs is 1. The maximum atomic E-state index is 10.8. The standard InChI is InChI=1S/C8H6N2O2S/c9-7(11)4-1-2-5-6(3-4)12-8(13)10-5/h1-3H,(H2,9,11)(H,10,13). The van der Waals surface area contributed by atoms with Gasteiger partial charge in [-0.05, 0) is 30.4 Å². The van der Waals surface area contributed by atoms with Crippen LogP contribution < -0.4 is 5.73 Å². The molecule has 66 valence electrons. The number of hydrogen-bond donors (Lipinski definition) is 2. The van der Waals surface area contributed by atoms with Gasteiger partial charge in [-0.2, -0.15) is 0 Å². The number of nitrogens with one attached hydrogen (secondary N) is 1. The number of aromatic nitrogens is 1. The van der Waals surface area contributed by atoms with Crippen molar-refractivity contribution >= 4 is 29.2 Å². The van der Waals surface area contributed by atoms with Crippen LogP contribution in [0.25, 0.3) is 11.1 Å². The van der Waals surface area contributed by atoms with Gasteiger partial charge in [0, 0.05) is 5.56 Å². The van der Waals surface area contributed by atoms with Gasteiger partial charge in [-0.25, -0.2) is 0 Å². The second-order valence-corrected chi connectivity index (χ2v) is 2.96. The van der Waals surface area contributed by atoms with E-state index in [1.54, 1.807) is 18.2 Å². The molecule has 0 atom stereocenters. The van der Waals surface area contributed by atoms with E-state index >= 15 is 0 Å².